The maximum atomic E-state index is 12.4. The molecule has 0 atom stereocenters. The SMILES string of the molecule is CCN(CC)C(=O)C1CCN(CC(C)=Cc2ccccc2)CC1. The summed E-state index contributed by atoms with van der Waals surface area (Å²) in [6.45, 7) is 11.0. The summed E-state index contributed by atoms with van der Waals surface area (Å²) in [6.07, 6.45) is 4.25. The lowest BCUT2D eigenvalue weighted by atomic mass is 9.95. The van der Waals surface area contributed by atoms with Gasteiger partial charge in [0.15, 0.2) is 0 Å². The topological polar surface area (TPSA) is 23.6 Å². The van der Waals surface area contributed by atoms with Crippen LogP contribution in [0.3, 0.4) is 0 Å². The molecule has 1 aliphatic heterocycles. The number of rotatable bonds is 6. The maximum absolute atomic E-state index is 12.4. The van der Waals surface area contributed by atoms with Crippen LogP contribution in [0.5, 0.6) is 0 Å². The van der Waals surface area contributed by atoms with Crippen LogP contribution in [0.2, 0.25) is 0 Å². The molecule has 0 aromatic heterocycles. The Labute approximate surface area is 141 Å². The number of carbonyl (C=O) groups is 1. The van der Waals surface area contributed by atoms with Crippen molar-refractivity contribution in [2.24, 2.45) is 5.92 Å². The standard InChI is InChI=1S/C20H30N2O/c1-4-22(5-2)20(23)19-11-13-21(14-12-19)16-17(3)15-18-9-7-6-8-10-18/h6-10,15,19H,4-5,11-14,16H2,1-3H3. The minimum atomic E-state index is 0.226. The minimum Gasteiger partial charge on any atom is -0.343 e. The lowest BCUT2D eigenvalue weighted by Gasteiger charge is -2.33. The highest BCUT2D eigenvalue weighted by Gasteiger charge is 2.27. The van der Waals surface area contributed by atoms with Crippen LogP contribution in [0.4, 0.5) is 0 Å². The Morgan fingerprint density at radius 3 is 2.35 bits per heavy atom. The lowest BCUT2D eigenvalue weighted by molar-refractivity contribution is -0.136. The molecule has 3 nitrogen and oxygen atoms in total. The van der Waals surface area contributed by atoms with Gasteiger partial charge in [-0.2, -0.15) is 0 Å². The van der Waals surface area contributed by atoms with Gasteiger partial charge in [-0.1, -0.05) is 42.0 Å². The van der Waals surface area contributed by atoms with Crippen molar-refractivity contribution in [1.82, 2.24) is 9.80 Å². The summed E-state index contributed by atoms with van der Waals surface area (Å²) in [5.41, 5.74) is 2.64. The fourth-order valence-electron chi connectivity index (χ4n) is 3.36. The van der Waals surface area contributed by atoms with Crippen LogP contribution in [0.1, 0.15) is 39.2 Å². The van der Waals surface area contributed by atoms with Crippen molar-refractivity contribution < 1.29 is 4.79 Å². The van der Waals surface area contributed by atoms with Crippen molar-refractivity contribution in [3.8, 4) is 0 Å². The number of nitrogens with zero attached hydrogens (tertiary/aromatic N) is 2. The first-order chi connectivity index (χ1) is 11.1. The zero-order valence-corrected chi connectivity index (χ0v) is 14.8. The molecule has 1 saturated heterocycles. The van der Waals surface area contributed by atoms with E-state index in [1.54, 1.807) is 0 Å². The zero-order valence-electron chi connectivity index (χ0n) is 14.8. The van der Waals surface area contributed by atoms with Crippen molar-refractivity contribution in [3.05, 3.63) is 41.5 Å². The van der Waals surface area contributed by atoms with Crippen molar-refractivity contribution in [1.29, 1.82) is 0 Å². The van der Waals surface area contributed by atoms with E-state index in [9.17, 15) is 4.79 Å². The molecule has 1 aromatic rings. The molecular formula is C20H30N2O. The molecule has 1 fully saturated rings. The third-order valence-electron chi connectivity index (χ3n) is 4.70. The molecular weight excluding hydrogens is 284 g/mol. The van der Waals surface area contributed by atoms with Gasteiger partial charge in [-0.15, -0.1) is 0 Å². The van der Waals surface area contributed by atoms with Gasteiger partial charge in [0.05, 0.1) is 0 Å². The molecule has 126 valence electrons. The molecule has 0 saturated carbocycles. The van der Waals surface area contributed by atoms with Crippen molar-refractivity contribution >= 4 is 12.0 Å². The Morgan fingerprint density at radius 2 is 1.78 bits per heavy atom. The summed E-state index contributed by atoms with van der Waals surface area (Å²) in [4.78, 5) is 16.9. The molecule has 2 rings (SSSR count). The van der Waals surface area contributed by atoms with E-state index in [4.69, 9.17) is 0 Å². The van der Waals surface area contributed by atoms with E-state index in [0.717, 1.165) is 45.6 Å². The van der Waals surface area contributed by atoms with Crippen LogP contribution in [0.15, 0.2) is 35.9 Å². The molecule has 0 radical (unpaired) electrons. The van der Waals surface area contributed by atoms with Crippen LogP contribution in [0, 0.1) is 5.92 Å². The van der Waals surface area contributed by atoms with Gasteiger partial charge in [0.25, 0.3) is 0 Å². The third kappa shape index (κ3) is 5.21. The Hall–Kier alpha value is -1.61. The van der Waals surface area contributed by atoms with Crippen molar-refractivity contribution in [2.75, 3.05) is 32.7 Å². The smallest absolute Gasteiger partial charge is 0.225 e. The number of benzene rings is 1. The van der Waals surface area contributed by atoms with E-state index in [2.05, 4.69) is 56.0 Å². The summed E-state index contributed by atoms with van der Waals surface area (Å²) in [5.74, 6) is 0.579. The molecule has 23 heavy (non-hydrogen) atoms. The van der Waals surface area contributed by atoms with Gasteiger partial charge in [-0.25, -0.2) is 0 Å². The highest BCUT2D eigenvalue weighted by atomic mass is 16.2. The molecule has 1 amide bonds. The van der Waals surface area contributed by atoms with Crippen LogP contribution < -0.4 is 0 Å². The first kappa shape index (κ1) is 17.7. The lowest BCUT2D eigenvalue weighted by Crippen LogP contribution is -2.42. The molecule has 3 heteroatoms. The van der Waals surface area contributed by atoms with E-state index in [1.165, 1.54) is 11.1 Å². The van der Waals surface area contributed by atoms with Crippen LogP contribution in [-0.4, -0.2) is 48.4 Å². The maximum Gasteiger partial charge on any atom is 0.225 e. The fourth-order valence-corrected chi connectivity index (χ4v) is 3.36. The van der Waals surface area contributed by atoms with E-state index < -0.39 is 0 Å². The van der Waals surface area contributed by atoms with Gasteiger partial charge in [0, 0.05) is 25.6 Å². The predicted octanol–water partition coefficient (Wildman–Crippen LogP) is 3.67. The average Bonchev–Trinajstić information content (AvgIpc) is 2.57. The van der Waals surface area contributed by atoms with Crippen LogP contribution in [-0.2, 0) is 4.79 Å². The monoisotopic (exact) mass is 314 g/mol. The zero-order chi connectivity index (χ0) is 16.7. The second-order valence-corrected chi connectivity index (χ2v) is 6.46. The molecule has 1 aliphatic rings. The highest BCUT2D eigenvalue weighted by molar-refractivity contribution is 5.78. The van der Waals surface area contributed by atoms with Gasteiger partial charge in [0.1, 0.15) is 0 Å². The summed E-state index contributed by atoms with van der Waals surface area (Å²) in [6, 6.07) is 10.5. The first-order valence-corrected chi connectivity index (χ1v) is 8.87. The number of hydrogen-bond acceptors (Lipinski definition) is 2. The quantitative estimate of drug-likeness (QED) is 0.800. The van der Waals surface area contributed by atoms with E-state index in [0.29, 0.717) is 5.91 Å². The van der Waals surface area contributed by atoms with Gasteiger partial charge in [0.2, 0.25) is 5.91 Å². The number of hydrogen-bond donors (Lipinski definition) is 0. The van der Waals surface area contributed by atoms with Crippen LogP contribution >= 0.6 is 0 Å². The summed E-state index contributed by atoms with van der Waals surface area (Å²) in [5, 5.41) is 0. The molecule has 0 bridgehead atoms. The van der Waals surface area contributed by atoms with Crippen molar-refractivity contribution in [3.63, 3.8) is 0 Å². The molecule has 1 heterocycles. The minimum absolute atomic E-state index is 0.226. The summed E-state index contributed by atoms with van der Waals surface area (Å²) in [7, 11) is 0. The molecule has 0 aliphatic carbocycles. The molecule has 0 unspecified atom stereocenters. The van der Waals surface area contributed by atoms with Gasteiger partial charge < -0.3 is 4.90 Å². The Morgan fingerprint density at radius 1 is 1.17 bits per heavy atom. The Bertz CT molecular complexity index is 512. The summed E-state index contributed by atoms with van der Waals surface area (Å²) < 4.78 is 0. The first-order valence-electron chi connectivity index (χ1n) is 8.87. The van der Waals surface area contributed by atoms with Gasteiger partial charge in [-0.05, 0) is 52.3 Å². The van der Waals surface area contributed by atoms with E-state index in [-0.39, 0.29) is 5.92 Å². The number of likely N-dealkylation sites (tertiary alicyclic amines) is 1. The van der Waals surface area contributed by atoms with Gasteiger partial charge in [-0.3, -0.25) is 9.69 Å². The summed E-state index contributed by atoms with van der Waals surface area (Å²) >= 11 is 0. The molecule has 0 spiro atoms. The van der Waals surface area contributed by atoms with Crippen molar-refractivity contribution in [2.45, 2.75) is 33.6 Å². The highest BCUT2D eigenvalue weighted by Crippen LogP contribution is 2.20. The average molecular weight is 314 g/mol. The van der Waals surface area contributed by atoms with E-state index in [1.807, 2.05) is 11.0 Å². The normalized spacial score (nSPS) is 17.3. The second kappa shape index (κ2) is 8.88. The van der Waals surface area contributed by atoms with Gasteiger partial charge >= 0.3 is 0 Å². The predicted molar refractivity (Wildman–Crippen MR) is 97.2 cm³/mol. The van der Waals surface area contributed by atoms with Crippen LogP contribution in [0.25, 0.3) is 6.08 Å². The largest absolute Gasteiger partial charge is 0.343 e. The molecule has 1 aromatic carbocycles. The van der Waals surface area contributed by atoms with E-state index >= 15 is 0 Å². The Kier molecular flexibility index (Phi) is 6.85. The fraction of sp³-hybridized carbons (Fsp3) is 0.550. The molecule has 0 N–H and O–H groups in total. The second-order valence-electron chi connectivity index (χ2n) is 6.46. The number of amides is 1. The third-order valence-corrected chi connectivity index (χ3v) is 4.70. The number of piperidine rings is 1. The number of carbonyl (C=O) groups excluding carboxylic acids is 1. The Balaban J connectivity index is 1.83.